The molecule has 0 aliphatic carbocycles. The molecule has 1 atom stereocenters. The fourth-order valence-corrected chi connectivity index (χ4v) is 2.97. The van der Waals surface area contributed by atoms with Crippen LogP contribution in [0, 0.1) is 6.92 Å². The maximum Gasteiger partial charge on any atom is 0.0615 e. The van der Waals surface area contributed by atoms with E-state index in [9.17, 15) is 0 Å². The number of thiophene rings is 1. The first-order valence-electron chi connectivity index (χ1n) is 7.25. The molecule has 0 amide bonds. The third kappa shape index (κ3) is 5.92. The molecule has 116 valence electrons. The predicted molar refractivity (Wildman–Crippen MR) is 88.5 cm³/mol. The van der Waals surface area contributed by atoms with E-state index in [2.05, 4.69) is 57.9 Å². The smallest absolute Gasteiger partial charge is 0.0615 e. The Morgan fingerprint density at radius 1 is 1.40 bits per heavy atom. The van der Waals surface area contributed by atoms with Crippen molar-refractivity contribution in [2.45, 2.75) is 59.3 Å². The number of ether oxygens (including phenoxy) is 1. The van der Waals surface area contributed by atoms with Gasteiger partial charge in [-0.05, 0) is 53.3 Å². The highest BCUT2D eigenvalue weighted by Crippen LogP contribution is 2.23. The van der Waals surface area contributed by atoms with E-state index in [-0.39, 0.29) is 5.54 Å². The quantitative estimate of drug-likeness (QED) is 0.835. The van der Waals surface area contributed by atoms with Crippen molar-refractivity contribution in [3.05, 3.63) is 21.4 Å². The minimum Gasteiger partial charge on any atom is -0.383 e. The summed E-state index contributed by atoms with van der Waals surface area (Å²) in [6.45, 7) is 13.7. The Bertz CT molecular complexity index is 409. The SMILES string of the molecule is COCC(C)N(C)Cc1cc(CNC(C)(C)C)sc1C. The normalized spacial score (nSPS) is 14.0. The molecule has 0 aliphatic heterocycles. The summed E-state index contributed by atoms with van der Waals surface area (Å²) in [5.74, 6) is 0. The summed E-state index contributed by atoms with van der Waals surface area (Å²) in [5, 5.41) is 3.55. The van der Waals surface area contributed by atoms with Gasteiger partial charge in [0.15, 0.2) is 0 Å². The summed E-state index contributed by atoms with van der Waals surface area (Å²) in [7, 11) is 3.92. The summed E-state index contributed by atoms with van der Waals surface area (Å²) >= 11 is 1.90. The van der Waals surface area contributed by atoms with Crippen LogP contribution >= 0.6 is 11.3 Å². The standard InChI is InChI=1S/C16H30N2OS/c1-12(11-19-7)18(6)10-14-8-15(20-13(14)2)9-17-16(3,4)5/h8,12,17H,9-11H2,1-7H3. The average molecular weight is 298 g/mol. The molecule has 1 unspecified atom stereocenters. The Morgan fingerprint density at radius 3 is 2.60 bits per heavy atom. The first kappa shape index (κ1) is 17.6. The van der Waals surface area contributed by atoms with Crippen LogP contribution in [0.3, 0.4) is 0 Å². The van der Waals surface area contributed by atoms with Crippen LogP contribution in [-0.2, 0) is 17.8 Å². The highest BCUT2D eigenvalue weighted by atomic mass is 32.1. The second-order valence-corrected chi connectivity index (χ2v) is 7.96. The van der Waals surface area contributed by atoms with Gasteiger partial charge in [0.2, 0.25) is 0 Å². The van der Waals surface area contributed by atoms with Crippen molar-refractivity contribution in [3.63, 3.8) is 0 Å². The minimum absolute atomic E-state index is 0.168. The van der Waals surface area contributed by atoms with Crippen molar-refractivity contribution >= 4 is 11.3 Å². The molecule has 1 N–H and O–H groups in total. The van der Waals surface area contributed by atoms with E-state index < -0.39 is 0 Å². The first-order chi connectivity index (χ1) is 9.23. The van der Waals surface area contributed by atoms with Crippen LogP contribution in [0.4, 0.5) is 0 Å². The van der Waals surface area contributed by atoms with Gasteiger partial charge in [-0.15, -0.1) is 11.3 Å². The Kier molecular flexibility index (Phi) is 6.65. The van der Waals surface area contributed by atoms with Gasteiger partial charge in [0.05, 0.1) is 6.61 Å². The molecule has 1 aromatic heterocycles. The zero-order chi connectivity index (χ0) is 15.3. The first-order valence-corrected chi connectivity index (χ1v) is 8.07. The molecule has 0 saturated carbocycles. The molecule has 0 saturated heterocycles. The van der Waals surface area contributed by atoms with E-state index in [1.165, 1.54) is 15.3 Å². The summed E-state index contributed by atoms with van der Waals surface area (Å²) in [5.41, 5.74) is 1.60. The van der Waals surface area contributed by atoms with Crippen LogP contribution in [0.15, 0.2) is 6.07 Å². The third-order valence-electron chi connectivity index (χ3n) is 3.44. The number of rotatable bonds is 7. The lowest BCUT2D eigenvalue weighted by molar-refractivity contribution is 0.112. The van der Waals surface area contributed by atoms with Crippen LogP contribution < -0.4 is 5.32 Å². The van der Waals surface area contributed by atoms with Gasteiger partial charge in [-0.25, -0.2) is 0 Å². The minimum atomic E-state index is 0.168. The number of hydrogen-bond acceptors (Lipinski definition) is 4. The van der Waals surface area contributed by atoms with Gasteiger partial charge in [0.25, 0.3) is 0 Å². The van der Waals surface area contributed by atoms with Crippen LogP contribution in [-0.4, -0.2) is 37.2 Å². The molecule has 1 aromatic rings. The second kappa shape index (κ2) is 7.55. The van der Waals surface area contributed by atoms with Crippen LogP contribution in [0.5, 0.6) is 0 Å². The van der Waals surface area contributed by atoms with Crippen molar-refractivity contribution in [2.75, 3.05) is 20.8 Å². The fraction of sp³-hybridized carbons (Fsp3) is 0.750. The van der Waals surface area contributed by atoms with Gasteiger partial charge in [-0.2, -0.15) is 0 Å². The summed E-state index contributed by atoms with van der Waals surface area (Å²) in [6, 6.07) is 2.78. The largest absolute Gasteiger partial charge is 0.383 e. The monoisotopic (exact) mass is 298 g/mol. The van der Waals surface area contributed by atoms with E-state index in [1.54, 1.807) is 7.11 Å². The van der Waals surface area contributed by atoms with Gasteiger partial charge in [-0.1, -0.05) is 0 Å². The Labute approximate surface area is 128 Å². The van der Waals surface area contributed by atoms with E-state index in [1.807, 2.05) is 11.3 Å². The fourth-order valence-electron chi connectivity index (χ4n) is 1.98. The van der Waals surface area contributed by atoms with E-state index in [4.69, 9.17) is 4.74 Å². The number of methoxy groups -OCH3 is 1. The van der Waals surface area contributed by atoms with Crippen molar-refractivity contribution in [1.82, 2.24) is 10.2 Å². The van der Waals surface area contributed by atoms with E-state index >= 15 is 0 Å². The second-order valence-electron chi connectivity index (χ2n) is 6.62. The number of hydrogen-bond donors (Lipinski definition) is 1. The molecule has 0 bridgehead atoms. The molecular weight excluding hydrogens is 268 g/mol. The molecule has 4 heteroatoms. The highest BCUT2D eigenvalue weighted by Gasteiger charge is 2.14. The van der Waals surface area contributed by atoms with E-state index in [0.29, 0.717) is 6.04 Å². The predicted octanol–water partition coefficient (Wildman–Crippen LogP) is 3.41. The third-order valence-corrected chi connectivity index (χ3v) is 4.54. The molecule has 0 spiro atoms. The Hall–Kier alpha value is -0.420. The highest BCUT2D eigenvalue weighted by molar-refractivity contribution is 7.12. The summed E-state index contributed by atoms with van der Waals surface area (Å²) in [6.07, 6.45) is 0. The van der Waals surface area contributed by atoms with Gasteiger partial charge >= 0.3 is 0 Å². The van der Waals surface area contributed by atoms with Crippen molar-refractivity contribution in [1.29, 1.82) is 0 Å². The number of nitrogens with one attached hydrogen (secondary N) is 1. The molecule has 0 aromatic carbocycles. The Balaban J connectivity index is 2.61. The summed E-state index contributed by atoms with van der Waals surface area (Å²) < 4.78 is 5.22. The van der Waals surface area contributed by atoms with Gasteiger partial charge < -0.3 is 10.1 Å². The van der Waals surface area contributed by atoms with Gasteiger partial charge in [0, 0.05) is 41.5 Å². The van der Waals surface area contributed by atoms with Crippen molar-refractivity contribution in [3.8, 4) is 0 Å². The lowest BCUT2D eigenvalue weighted by Gasteiger charge is -2.23. The van der Waals surface area contributed by atoms with Crippen molar-refractivity contribution < 1.29 is 4.74 Å². The lowest BCUT2D eigenvalue weighted by Crippen LogP contribution is -2.34. The van der Waals surface area contributed by atoms with Crippen LogP contribution in [0.1, 0.15) is 43.0 Å². The molecule has 1 rings (SSSR count). The zero-order valence-electron chi connectivity index (χ0n) is 14.0. The topological polar surface area (TPSA) is 24.5 Å². The number of nitrogens with zero attached hydrogens (tertiary/aromatic N) is 1. The summed E-state index contributed by atoms with van der Waals surface area (Å²) in [4.78, 5) is 5.19. The Morgan fingerprint density at radius 2 is 2.05 bits per heavy atom. The molecule has 0 aliphatic rings. The van der Waals surface area contributed by atoms with Crippen molar-refractivity contribution in [2.24, 2.45) is 0 Å². The van der Waals surface area contributed by atoms with Gasteiger partial charge in [0.1, 0.15) is 0 Å². The average Bonchev–Trinajstić information content (AvgIpc) is 2.67. The van der Waals surface area contributed by atoms with Crippen LogP contribution in [0.2, 0.25) is 0 Å². The maximum atomic E-state index is 5.22. The lowest BCUT2D eigenvalue weighted by atomic mass is 10.1. The zero-order valence-corrected chi connectivity index (χ0v) is 14.9. The number of aryl methyl sites for hydroxylation is 1. The number of likely N-dealkylation sites (N-methyl/N-ethyl adjacent to an activating group) is 1. The van der Waals surface area contributed by atoms with Gasteiger partial charge in [-0.3, -0.25) is 4.90 Å². The van der Waals surface area contributed by atoms with E-state index in [0.717, 1.165) is 19.7 Å². The molecule has 3 nitrogen and oxygen atoms in total. The molecule has 20 heavy (non-hydrogen) atoms. The maximum absolute atomic E-state index is 5.22. The molecule has 0 fully saturated rings. The molecular formula is C16H30N2OS. The molecule has 1 heterocycles. The van der Waals surface area contributed by atoms with Crippen LogP contribution in [0.25, 0.3) is 0 Å². The molecule has 0 radical (unpaired) electrons.